The molecule has 0 unspecified atom stereocenters. The van der Waals surface area contributed by atoms with E-state index in [1.165, 1.54) is 0 Å². The van der Waals surface area contributed by atoms with Gasteiger partial charge in [0.1, 0.15) is 11.9 Å². The number of carbonyl (C=O) groups excluding carboxylic acids is 2. The van der Waals surface area contributed by atoms with E-state index in [1.807, 2.05) is 30.3 Å². The molecule has 1 aliphatic rings. The average Bonchev–Trinajstić information content (AvgIpc) is 3.31. The standard InChI is InChI=1S/C25H31N5O4/c1-15(23(31)29-13-16-6-8-19(9-7-16)22(26)27-2)30-24(32)21-12-18(14-28-21)10-17-4-3-5-20(11-17)25(33)34/h3-9,11,15,18,21,28H,10,12-14H2,1-2H3,(H2,26,27)(H,29,31)(H,30,32)(H,33,34)/t15-,18-,21+/m0/s1. The largest absolute Gasteiger partial charge is 0.478 e. The first-order valence-corrected chi connectivity index (χ1v) is 11.2. The minimum absolute atomic E-state index is 0.207. The van der Waals surface area contributed by atoms with Crippen molar-refractivity contribution in [2.45, 2.75) is 38.4 Å². The van der Waals surface area contributed by atoms with Crippen molar-refractivity contribution in [3.8, 4) is 0 Å². The lowest BCUT2D eigenvalue weighted by atomic mass is 9.95. The van der Waals surface area contributed by atoms with Crippen molar-refractivity contribution < 1.29 is 19.5 Å². The number of benzene rings is 2. The first-order valence-electron chi connectivity index (χ1n) is 11.2. The summed E-state index contributed by atoms with van der Waals surface area (Å²) in [5, 5.41) is 18.0. The number of nitrogens with one attached hydrogen (secondary N) is 3. The summed E-state index contributed by atoms with van der Waals surface area (Å²) < 4.78 is 0. The van der Waals surface area contributed by atoms with E-state index in [2.05, 4.69) is 20.9 Å². The normalized spacial score (nSPS) is 18.8. The number of aliphatic imine (C=N–C) groups is 1. The van der Waals surface area contributed by atoms with Crippen molar-refractivity contribution in [1.82, 2.24) is 16.0 Å². The van der Waals surface area contributed by atoms with E-state index < -0.39 is 12.0 Å². The van der Waals surface area contributed by atoms with Crippen molar-refractivity contribution in [3.63, 3.8) is 0 Å². The molecular formula is C25H31N5O4. The zero-order valence-electron chi connectivity index (χ0n) is 19.4. The maximum Gasteiger partial charge on any atom is 0.335 e. The maximum atomic E-state index is 12.7. The van der Waals surface area contributed by atoms with E-state index in [9.17, 15) is 14.4 Å². The number of carboxylic acids is 1. The second-order valence-electron chi connectivity index (χ2n) is 8.53. The van der Waals surface area contributed by atoms with Gasteiger partial charge < -0.3 is 26.8 Å². The van der Waals surface area contributed by atoms with Crippen LogP contribution in [0.1, 0.15) is 40.4 Å². The molecule has 9 nitrogen and oxygen atoms in total. The molecule has 3 atom stereocenters. The molecule has 1 heterocycles. The van der Waals surface area contributed by atoms with Crippen LogP contribution >= 0.6 is 0 Å². The zero-order chi connectivity index (χ0) is 24.7. The van der Waals surface area contributed by atoms with Crippen LogP contribution in [0.3, 0.4) is 0 Å². The summed E-state index contributed by atoms with van der Waals surface area (Å²) in [5.41, 5.74) is 8.69. The quantitative estimate of drug-likeness (QED) is 0.277. The highest BCUT2D eigenvalue weighted by Crippen LogP contribution is 2.20. The number of carboxylic acid groups (broad SMARTS) is 1. The molecule has 6 N–H and O–H groups in total. The Morgan fingerprint density at radius 2 is 1.88 bits per heavy atom. The molecule has 180 valence electrons. The van der Waals surface area contributed by atoms with Gasteiger partial charge in [0, 0.05) is 19.2 Å². The summed E-state index contributed by atoms with van der Waals surface area (Å²) in [7, 11) is 1.63. The summed E-state index contributed by atoms with van der Waals surface area (Å²) in [5.74, 6) is -0.791. The van der Waals surface area contributed by atoms with Gasteiger partial charge in [0.05, 0.1) is 11.6 Å². The van der Waals surface area contributed by atoms with E-state index in [-0.39, 0.29) is 29.3 Å². The highest BCUT2D eigenvalue weighted by molar-refractivity contribution is 5.97. The van der Waals surface area contributed by atoms with E-state index in [1.54, 1.807) is 32.2 Å². The highest BCUT2D eigenvalue weighted by atomic mass is 16.4. The molecular weight excluding hydrogens is 434 g/mol. The second-order valence-corrected chi connectivity index (χ2v) is 8.53. The monoisotopic (exact) mass is 465 g/mol. The Labute approximate surface area is 198 Å². The molecule has 0 spiro atoms. The molecule has 2 amide bonds. The predicted molar refractivity (Wildman–Crippen MR) is 130 cm³/mol. The Hall–Kier alpha value is -3.72. The van der Waals surface area contributed by atoms with Gasteiger partial charge in [-0.2, -0.15) is 0 Å². The highest BCUT2D eigenvalue weighted by Gasteiger charge is 2.31. The molecule has 0 saturated carbocycles. The van der Waals surface area contributed by atoms with E-state index >= 15 is 0 Å². The van der Waals surface area contributed by atoms with Gasteiger partial charge >= 0.3 is 5.97 Å². The summed E-state index contributed by atoms with van der Waals surface area (Å²) in [6.07, 6.45) is 1.30. The molecule has 9 heteroatoms. The number of aromatic carboxylic acids is 1. The third-order valence-corrected chi connectivity index (χ3v) is 5.95. The van der Waals surface area contributed by atoms with Crippen LogP contribution < -0.4 is 21.7 Å². The van der Waals surface area contributed by atoms with Gasteiger partial charge in [-0.1, -0.05) is 36.4 Å². The SMILES string of the molecule is CN=C(N)c1ccc(CNC(=O)[C@H](C)NC(=O)[C@H]2C[C@H](Cc3cccc(C(=O)O)c3)CN2)cc1. The van der Waals surface area contributed by atoms with Crippen molar-refractivity contribution in [2.75, 3.05) is 13.6 Å². The Morgan fingerprint density at radius 1 is 1.15 bits per heavy atom. The molecule has 3 rings (SSSR count). The smallest absolute Gasteiger partial charge is 0.335 e. The van der Waals surface area contributed by atoms with Crippen LogP contribution in [-0.4, -0.2) is 54.4 Å². The number of nitrogens with zero attached hydrogens (tertiary/aromatic N) is 1. The second kappa shape index (κ2) is 11.4. The van der Waals surface area contributed by atoms with Gasteiger partial charge in [0.2, 0.25) is 11.8 Å². The molecule has 1 saturated heterocycles. The number of rotatable bonds is 9. The first-order chi connectivity index (χ1) is 16.3. The first kappa shape index (κ1) is 24.9. The number of hydrogen-bond donors (Lipinski definition) is 5. The molecule has 1 fully saturated rings. The van der Waals surface area contributed by atoms with Crippen LogP contribution in [0.15, 0.2) is 53.5 Å². The summed E-state index contributed by atoms with van der Waals surface area (Å²) >= 11 is 0. The minimum Gasteiger partial charge on any atom is -0.478 e. The van der Waals surface area contributed by atoms with E-state index in [0.29, 0.717) is 31.8 Å². The predicted octanol–water partition coefficient (Wildman–Crippen LogP) is 1.06. The summed E-state index contributed by atoms with van der Waals surface area (Å²) in [6, 6.07) is 13.2. The lowest BCUT2D eigenvalue weighted by Gasteiger charge is -2.17. The molecule has 2 aromatic carbocycles. The molecule has 0 aromatic heterocycles. The number of hydrogen-bond acceptors (Lipinski definition) is 5. The molecule has 0 aliphatic carbocycles. The Morgan fingerprint density at radius 3 is 2.56 bits per heavy atom. The van der Waals surface area contributed by atoms with Crippen molar-refractivity contribution in [3.05, 3.63) is 70.8 Å². The van der Waals surface area contributed by atoms with Crippen LogP contribution in [0.25, 0.3) is 0 Å². The van der Waals surface area contributed by atoms with E-state index in [4.69, 9.17) is 10.8 Å². The van der Waals surface area contributed by atoms with Crippen molar-refractivity contribution in [2.24, 2.45) is 16.6 Å². The number of carbonyl (C=O) groups is 3. The van der Waals surface area contributed by atoms with Crippen LogP contribution in [0.2, 0.25) is 0 Å². The fourth-order valence-corrected chi connectivity index (χ4v) is 3.97. The van der Waals surface area contributed by atoms with Gasteiger partial charge in [-0.15, -0.1) is 0 Å². The number of amidine groups is 1. The Kier molecular flexibility index (Phi) is 8.37. The zero-order valence-corrected chi connectivity index (χ0v) is 19.4. The lowest BCUT2D eigenvalue weighted by Crippen LogP contribution is -2.49. The third-order valence-electron chi connectivity index (χ3n) is 5.95. The van der Waals surface area contributed by atoms with Gasteiger partial charge in [0.15, 0.2) is 0 Å². The summed E-state index contributed by atoms with van der Waals surface area (Å²) in [6.45, 7) is 2.64. The third kappa shape index (κ3) is 6.64. The minimum atomic E-state index is -0.955. The Balaban J connectivity index is 1.44. The van der Waals surface area contributed by atoms with Crippen LogP contribution in [-0.2, 0) is 22.6 Å². The fraction of sp³-hybridized carbons (Fsp3) is 0.360. The molecule has 1 aliphatic heterocycles. The van der Waals surface area contributed by atoms with Gasteiger partial charge in [-0.05, 0) is 55.5 Å². The van der Waals surface area contributed by atoms with Crippen molar-refractivity contribution >= 4 is 23.6 Å². The summed E-state index contributed by atoms with van der Waals surface area (Å²) in [4.78, 5) is 40.2. The van der Waals surface area contributed by atoms with Crippen LogP contribution in [0, 0.1) is 5.92 Å². The Bertz CT molecular complexity index is 1070. The molecule has 34 heavy (non-hydrogen) atoms. The maximum absolute atomic E-state index is 12.7. The number of nitrogens with two attached hydrogens (primary N) is 1. The molecule has 0 bridgehead atoms. The van der Waals surface area contributed by atoms with E-state index in [0.717, 1.165) is 16.7 Å². The van der Waals surface area contributed by atoms with Gasteiger partial charge in [-0.25, -0.2) is 4.79 Å². The van der Waals surface area contributed by atoms with Crippen LogP contribution in [0.5, 0.6) is 0 Å². The average molecular weight is 466 g/mol. The van der Waals surface area contributed by atoms with Crippen LogP contribution in [0.4, 0.5) is 0 Å². The lowest BCUT2D eigenvalue weighted by molar-refractivity contribution is -0.129. The molecule has 0 radical (unpaired) electrons. The van der Waals surface area contributed by atoms with Gasteiger partial charge in [0.25, 0.3) is 0 Å². The van der Waals surface area contributed by atoms with Gasteiger partial charge in [-0.3, -0.25) is 14.6 Å². The number of amides is 2. The van der Waals surface area contributed by atoms with Crippen molar-refractivity contribution in [1.29, 1.82) is 0 Å². The topological polar surface area (TPSA) is 146 Å². The fourth-order valence-electron chi connectivity index (χ4n) is 3.97. The molecule has 2 aromatic rings.